The molecule has 1 atom stereocenters. The van der Waals surface area contributed by atoms with Crippen molar-refractivity contribution in [1.29, 1.82) is 0 Å². The maximum Gasteiger partial charge on any atom is 0.407 e. The number of sulfonamides is 1. The molecule has 0 spiro atoms. The van der Waals surface area contributed by atoms with E-state index in [1.807, 2.05) is 44.2 Å². The van der Waals surface area contributed by atoms with Gasteiger partial charge in [-0.15, -0.1) is 0 Å². The van der Waals surface area contributed by atoms with E-state index in [9.17, 15) is 13.2 Å². The Hall–Kier alpha value is -2.62. The number of aromatic nitrogens is 1. The number of pyridine rings is 1. The fourth-order valence-electron chi connectivity index (χ4n) is 3.32. The zero-order valence-corrected chi connectivity index (χ0v) is 22.6. The summed E-state index contributed by atoms with van der Waals surface area (Å²) in [6.07, 6.45) is 1.18. The van der Waals surface area contributed by atoms with Gasteiger partial charge < -0.3 is 10.1 Å². The van der Waals surface area contributed by atoms with Gasteiger partial charge in [0, 0.05) is 0 Å². The number of rotatable bonds is 10. The zero-order chi connectivity index (χ0) is 25.4. The molecule has 0 bridgehead atoms. The smallest absolute Gasteiger partial charge is 0.407 e. The van der Waals surface area contributed by atoms with E-state index in [4.69, 9.17) is 16.3 Å². The molecule has 2 aromatic carbocycles. The van der Waals surface area contributed by atoms with Crippen LogP contribution in [0.25, 0.3) is 0 Å². The molecule has 7 nitrogen and oxygen atoms in total. The third-order valence-corrected chi connectivity index (χ3v) is 7.92. The molecule has 0 radical (unpaired) electrons. The van der Waals surface area contributed by atoms with Crippen molar-refractivity contribution in [2.75, 3.05) is 17.5 Å². The minimum Gasteiger partial charge on any atom is -0.449 e. The molecular weight excluding hydrogens is 554 g/mol. The third kappa shape index (κ3) is 7.68. The van der Waals surface area contributed by atoms with Gasteiger partial charge in [0.25, 0.3) is 10.0 Å². The number of hydrogen-bond acceptors (Lipinski definition) is 5. The maximum atomic E-state index is 13.7. The number of carbonyl (C=O) groups excluding carboxylic acids is 1. The van der Waals surface area contributed by atoms with Crippen LogP contribution in [0.1, 0.15) is 19.4 Å². The Morgan fingerprint density at radius 1 is 1.11 bits per heavy atom. The van der Waals surface area contributed by atoms with Crippen molar-refractivity contribution >= 4 is 49.3 Å². The Morgan fingerprint density at radius 2 is 1.74 bits per heavy atom. The quantitative estimate of drug-likeness (QED) is 0.312. The van der Waals surface area contributed by atoms with Crippen LogP contribution in [0, 0.1) is 5.92 Å². The molecular formula is C25H27BrClN3O4S. The van der Waals surface area contributed by atoms with Crippen LogP contribution in [0.4, 0.5) is 10.5 Å². The van der Waals surface area contributed by atoms with Crippen LogP contribution in [0.5, 0.6) is 0 Å². The van der Waals surface area contributed by atoms with Crippen molar-refractivity contribution in [2.24, 2.45) is 5.92 Å². The Kier molecular flexibility index (Phi) is 9.54. The molecule has 0 unspecified atom stereocenters. The summed E-state index contributed by atoms with van der Waals surface area (Å²) < 4.78 is 34.4. The molecule has 3 aromatic rings. The Balaban J connectivity index is 1.99. The number of nitrogens with zero attached hydrogens (tertiary/aromatic N) is 2. The highest BCUT2D eigenvalue weighted by Gasteiger charge is 2.29. The predicted molar refractivity (Wildman–Crippen MR) is 141 cm³/mol. The molecule has 0 fully saturated rings. The summed E-state index contributed by atoms with van der Waals surface area (Å²) in [4.78, 5) is 16.8. The summed E-state index contributed by atoms with van der Waals surface area (Å²) in [7, 11) is -4.00. The lowest BCUT2D eigenvalue weighted by Gasteiger charge is -2.29. The molecule has 3 rings (SSSR count). The van der Waals surface area contributed by atoms with Gasteiger partial charge in [0.15, 0.2) is 0 Å². The summed E-state index contributed by atoms with van der Waals surface area (Å²) >= 11 is 9.39. The molecule has 0 aliphatic heterocycles. The Bertz CT molecular complexity index is 1230. The normalized spacial score (nSPS) is 12.3. The third-order valence-electron chi connectivity index (χ3n) is 4.98. The number of ether oxygens (including phenoxy) is 1. The Morgan fingerprint density at radius 3 is 2.34 bits per heavy atom. The number of halogens is 2. The number of nitrogens with one attached hydrogen (secondary N) is 1. The largest absolute Gasteiger partial charge is 0.449 e. The molecule has 1 amide bonds. The fraction of sp³-hybridized carbons (Fsp3) is 0.280. The topological polar surface area (TPSA) is 88.6 Å². The molecule has 1 N–H and O–H groups in total. The predicted octanol–water partition coefficient (Wildman–Crippen LogP) is 5.69. The van der Waals surface area contributed by atoms with Gasteiger partial charge in [0.1, 0.15) is 5.15 Å². The second kappa shape index (κ2) is 12.4. The van der Waals surface area contributed by atoms with E-state index in [0.717, 1.165) is 5.56 Å². The number of benzene rings is 2. The molecule has 1 heterocycles. The van der Waals surface area contributed by atoms with Crippen molar-refractivity contribution in [3.63, 3.8) is 0 Å². The summed E-state index contributed by atoms with van der Waals surface area (Å²) in [6, 6.07) is 18.6. The summed E-state index contributed by atoms with van der Waals surface area (Å²) in [5.41, 5.74) is 1.25. The van der Waals surface area contributed by atoms with Crippen LogP contribution in [-0.2, 0) is 21.2 Å². The van der Waals surface area contributed by atoms with E-state index in [-0.39, 0.29) is 29.1 Å². The number of alkyl carbamates (subject to hydrolysis) is 1. The molecule has 10 heteroatoms. The molecule has 1 aromatic heterocycles. The van der Waals surface area contributed by atoms with Gasteiger partial charge in [-0.05, 0) is 52.0 Å². The van der Waals surface area contributed by atoms with Gasteiger partial charge in [-0.1, -0.05) is 74.0 Å². The van der Waals surface area contributed by atoms with E-state index in [1.165, 1.54) is 22.6 Å². The Labute approximate surface area is 219 Å². The average Bonchev–Trinajstić information content (AvgIpc) is 2.84. The van der Waals surface area contributed by atoms with Crippen LogP contribution in [0.3, 0.4) is 0 Å². The number of anilines is 1. The van der Waals surface area contributed by atoms with Crippen LogP contribution >= 0.6 is 27.5 Å². The average molecular weight is 581 g/mol. The van der Waals surface area contributed by atoms with Gasteiger partial charge >= 0.3 is 6.09 Å². The van der Waals surface area contributed by atoms with Gasteiger partial charge in [0.2, 0.25) is 0 Å². The van der Waals surface area contributed by atoms with Gasteiger partial charge in [-0.3, -0.25) is 4.31 Å². The molecule has 0 aliphatic rings. The van der Waals surface area contributed by atoms with Crippen LogP contribution in [0.2, 0.25) is 5.15 Å². The zero-order valence-electron chi connectivity index (χ0n) is 19.4. The number of amides is 1. The van der Waals surface area contributed by atoms with Gasteiger partial charge in [0.05, 0.1) is 40.4 Å². The molecule has 0 saturated heterocycles. The number of carbonyl (C=O) groups is 1. The van der Waals surface area contributed by atoms with Crippen LogP contribution < -0.4 is 9.62 Å². The first-order chi connectivity index (χ1) is 16.7. The monoisotopic (exact) mass is 579 g/mol. The van der Waals surface area contributed by atoms with E-state index >= 15 is 0 Å². The minimum atomic E-state index is -4.00. The van der Waals surface area contributed by atoms with Gasteiger partial charge in [-0.25, -0.2) is 18.2 Å². The standard InChI is InChI=1S/C25H27BrClN3O4S/c1-18(2)17-34-25(31)29-20(13-19-9-5-3-6-10-19)16-30(21-14-23(26)24(27)28-15-21)35(32,33)22-11-7-4-8-12-22/h3-12,14-15,18,20H,13,16-17H2,1-2H3,(H,29,31)/t20-/m0/s1. The minimum absolute atomic E-state index is 0.0569. The van der Waals surface area contributed by atoms with Crippen molar-refractivity contribution in [3.8, 4) is 0 Å². The van der Waals surface area contributed by atoms with Crippen molar-refractivity contribution in [1.82, 2.24) is 10.3 Å². The van der Waals surface area contributed by atoms with Gasteiger partial charge in [-0.2, -0.15) is 0 Å². The SMILES string of the molecule is CC(C)COC(=O)N[C@@H](Cc1ccccc1)CN(c1cnc(Cl)c(Br)c1)S(=O)(=O)c1ccccc1. The van der Waals surface area contributed by atoms with Crippen molar-refractivity contribution in [3.05, 3.63) is 88.1 Å². The summed E-state index contributed by atoms with van der Waals surface area (Å²) in [6.45, 7) is 4.07. The molecule has 0 aliphatic carbocycles. The van der Waals surface area contributed by atoms with Crippen molar-refractivity contribution in [2.45, 2.75) is 31.2 Å². The highest BCUT2D eigenvalue weighted by atomic mass is 79.9. The molecule has 0 saturated carbocycles. The lowest BCUT2D eigenvalue weighted by atomic mass is 10.1. The van der Waals surface area contributed by atoms with E-state index in [0.29, 0.717) is 16.6 Å². The fourth-order valence-corrected chi connectivity index (χ4v) is 5.27. The summed E-state index contributed by atoms with van der Waals surface area (Å²) in [5.74, 6) is 0.167. The number of hydrogen-bond donors (Lipinski definition) is 1. The van der Waals surface area contributed by atoms with Crippen LogP contribution in [0.15, 0.2) is 82.3 Å². The van der Waals surface area contributed by atoms with E-state index in [2.05, 4.69) is 26.2 Å². The van der Waals surface area contributed by atoms with Crippen LogP contribution in [-0.4, -0.2) is 38.7 Å². The maximum absolute atomic E-state index is 13.7. The second-order valence-electron chi connectivity index (χ2n) is 8.34. The first-order valence-corrected chi connectivity index (χ1v) is 13.6. The first-order valence-electron chi connectivity index (χ1n) is 11.0. The van der Waals surface area contributed by atoms with E-state index in [1.54, 1.807) is 24.3 Å². The highest BCUT2D eigenvalue weighted by Crippen LogP contribution is 2.29. The first kappa shape index (κ1) is 27.0. The molecule has 186 valence electrons. The summed E-state index contributed by atoms with van der Waals surface area (Å²) in [5, 5.41) is 3.06. The van der Waals surface area contributed by atoms with Crippen molar-refractivity contribution < 1.29 is 17.9 Å². The molecule has 35 heavy (non-hydrogen) atoms. The second-order valence-corrected chi connectivity index (χ2v) is 11.4. The van der Waals surface area contributed by atoms with E-state index < -0.39 is 22.2 Å². The lowest BCUT2D eigenvalue weighted by molar-refractivity contribution is 0.129. The highest BCUT2D eigenvalue weighted by molar-refractivity contribution is 9.10. The lowest BCUT2D eigenvalue weighted by Crippen LogP contribution is -2.47.